The fraction of sp³-hybridized carbons (Fsp3) is 0.429. The predicted molar refractivity (Wildman–Crippen MR) is 71.9 cm³/mol. The van der Waals surface area contributed by atoms with Crippen LogP contribution in [0.3, 0.4) is 0 Å². The first-order valence-electron chi connectivity index (χ1n) is 6.55. The van der Waals surface area contributed by atoms with Crippen LogP contribution in [-0.4, -0.2) is 21.3 Å². The Morgan fingerprint density at radius 1 is 1.42 bits per heavy atom. The van der Waals surface area contributed by atoms with Gasteiger partial charge in [0.2, 0.25) is 5.88 Å². The third kappa shape index (κ3) is 2.46. The molecule has 0 unspecified atom stereocenters. The van der Waals surface area contributed by atoms with Gasteiger partial charge in [-0.1, -0.05) is 6.07 Å². The van der Waals surface area contributed by atoms with Crippen molar-refractivity contribution in [1.29, 1.82) is 0 Å². The van der Waals surface area contributed by atoms with E-state index in [0.717, 1.165) is 30.9 Å². The first kappa shape index (κ1) is 12.2. The van der Waals surface area contributed by atoms with E-state index >= 15 is 0 Å². The normalized spacial score (nSPS) is 14.2. The summed E-state index contributed by atoms with van der Waals surface area (Å²) in [5.74, 6) is 0.656. The van der Waals surface area contributed by atoms with E-state index in [9.17, 15) is 0 Å². The van der Waals surface area contributed by atoms with E-state index in [4.69, 9.17) is 4.74 Å². The maximum absolute atomic E-state index is 5.74. The van der Waals surface area contributed by atoms with Gasteiger partial charge in [-0.15, -0.1) is 0 Å². The first-order chi connectivity index (χ1) is 9.24. The molecule has 0 fully saturated rings. The molecule has 0 saturated heterocycles. The van der Waals surface area contributed by atoms with Crippen LogP contribution in [0.1, 0.15) is 22.6 Å². The molecule has 0 bridgehead atoms. The van der Waals surface area contributed by atoms with E-state index < -0.39 is 0 Å². The molecule has 19 heavy (non-hydrogen) atoms. The maximum atomic E-state index is 5.74. The summed E-state index contributed by atoms with van der Waals surface area (Å²) in [6.45, 7) is 4.33. The summed E-state index contributed by atoms with van der Waals surface area (Å²) >= 11 is 0. The summed E-state index contributed by atoms with van der Waals surface area (Å²) in [4.78, 5) is 4.33. The predicted octanol–water partition coefficient (Wildman–Crippen LogP) is 1.35. The fourth-order valence-corrected chi connectivity index (χ4v) is 2.46. The number of ether oxygens (including phenoxy) is 1. The Morgan fingerprint density at radius 2 is 2.32 bits per heavy atom. The van der Waals surface area contributed by atoms with E-state index in [1.54, 1.807) is 0 Å². The van der Waals surface area contributed by atoms with Crippen LogP contribution in [-0.2, 0) is 26.6 Å². The Hall–Kier alpha value is -1.88. The highest BCUT2D eigenvalue weighted by atomic mass is 16.5. The summed E-state index contributed by atoms with van der Waals surface area (Å²) < 4.78 is 7.71. The van der Waals surface area contributed by atoms with Gasteiger partial charge in [0.05, 0.1) is 0 Å². The van der Waals surface area contributed by atoms with Crippen molar-refractivity contribution >= 4 is 0 Å². The molecule has 2 aromatic heterocycles. The van der Waals surface area contributed by atoms with E-state index in [1.807, 2.05) is 36.9 Å². The van der Waals surface area contributed by atoms with Crippen LogP contribution in [0.4, 0.5) is 0 Å². The van der Waals surface area contributed by atoms with Crippen LogP contribution < -0.4 is 10.1 Å². The van der Waals surface area contributed by atoms with E-state index in [1.165, 1.54) is 11.3 Å². The molecule has 100 valence electrons. The van der Waals surface area contributed by atoms with Gasteiger partial charge in [0.15, 0.2) is 0 Å². The molecule has 3 rings (SSSR count). The molecule has 1 N–H and O–H groups in total. The van der Waals surface area contributed by atoms with Crippen molar-refractivity contribution in [3.8, 4) is 5.88 Å². The molecular weight excluding hydrogens is 240 g/mol. The second-order valence-electron chi connectivity index (χ2n) is 4.83. The van der Waals surface area contributed by atoms with Gasteiger partial charge in [0, 0.05) is 49.6 Å². The van der Waals surface area contributed by atoms with Crippen molar-refractivity contribution in [2.75, 3.05) is 6.54 Å². The van der Waals surface area contributed by atoms with Crippen molar-refractivity contribution in [2.45, 2.75) is 26.5 Å². The highest BCUT2D eigenvalue weighted by Gasteiger charge is 2.19. The third-order valence-corrected chi connectivity index (χ3v) is 3.42. The van der Waals surface area contributed by atoms with Crippen LogP contribution in [0.2, 0.25) is 0 Å². The summed E-state index contributed by atoms with van der Waals surface area (Å²) in [6.07, 6.45) is 1.03. The molecule has 1 aliphatic rings. The van der Waals surface area contributed by atoms with E-state index in [2.05, 4.69) is 15.4 Å². The lowest BCUT2D eigenvalue weighted by Crippen LogP contribution is -2.24. The van der Waals surface area contributed by atoms with Gasteiger partial charge in [-0.05, 0) is 13.0 Å². The number of fused-ring (bicyclic) bond motifs is 1. The molecule has 1 aliphatic heterocycles. The number of nitrogens with zero attached hydrogens (tertiary/aromatic N) is 3. The van der Waals surface area contributed by atoms with Crippen LogP contribution in [0.5, 0.6) is 5.88 Å². The molecule has 0 spiro atoms. The molecule has 0 radical (unpaired) electrons. The van der Waals surface area contributed by atoms with Crippen molar-refractivity contribution < 1.29 is 4.74 Å². The average molecular weight is 258 g/mol. The van der Waals surface area contributed by atoms with Gasteiger partial charge in [0.25, 0.3) is 0 Å². The maximum Gasteiger partial charge on any atom is 0.213 e. The van der Waals surface area contributed by atoms with Crippen molar-refractivity contribution in [2.24, 2.45) is 7.05 Å². The quantitative estimate of drug-likeness (QED) is 0.903. The van der Waals surface area contributed by atoms with Gasteiger partial charge >= 0.3 is 0 Å². The third-order valence-electron chi connectivity index (χ3n) is 3.42. The zero-order chi connectivity index (χ0) is 13.2. The number of pyridine rings is 1. The second-order valence-corrected chi connectivity index (χ2v) is 4.83. The number of aryl methyl sites for hydroxylation is 2. The second kappa shape index (κ2) is 5.01. The van der Waals surface area contributed by atoms with Gasteiger partial charge in [0.1, 0.15) is 12.3 Å². The Balaban J connectivity index is 1.77. The zero-order valence-corrected chi connectivity index (χ0v) is 11.3. The van der Waals surface area contributed by atoms with Gasteiger partial charge in [-0.25, -0.2) is 4.98 Å². The van der Waals surface area contributed by atoms with E-state index in [-0.39, 0.29) is 0 Å². The topological polar surface area (TPSA) is 52.0 Å². The minimum atomic E-state index is 0.474. The number of aromatic nitrogens is 3. The lowest BCUT2D eigenvalue weighted by atomic mass is 10.1. The molecule has 5 heteroatoms. The Kier molecular flexibility index (Phi) is 3.21. The highest BCUT2D eigenvalue weighted by molar-refractivity contribution is 5.28. The Bertz CT molecular complexity index is 591. The average Bonchev–Trinajstić information content (AvgIpc) is 2.74. The Morgan fingerprint density at radius 3 is 3.16 bits per heavy atom. The number of rotatable bonds is 3. The van der Waals surface area contributed by atoms with Crippen molar-refractivity contribution in [1.82, 2.24) is 20.1 Å². The smallest absolute Gasteiger partial charge is 0.213 e. The first-order valence-corrected chi connectivity index (χ1v) is 6.55. The number of nitrogens with one attached hydrogen (secondary N) is 1. The zero-order valence-electron chi connectivity index (χ0n) is 11.3. The minimum absolute atomic E-state index is 0.474. The van der Waals surface area contributed by atoms with Crippen LogP contribution in [0.15, 0.2) is 18.2 Å². The summed E-state index contributed by atoms with van der Waals surface area (Å²) in [7, 11) is 2.00. The number of hydrogen-bond acceptors (Lipinski definition) is 4. The van der Waals surface area contributed by atoms with Gasteiger partial charge in [-0.2, -0.15) is 5.10 Å². The molecule has 3 heterocycles. The molecule has 0 aliphatic carbocycles. The summed E-state index contributed by atoms with van der Waals surface area (Å²) in [5.41, 5.74) is 4.56. The van der Waals surface area contributed by atoms with Crippen LogP contribution >= 0.6 is 0 Å². The molecule has 0 aromatic carbocycles. The lowest BCUT2D eigenvalue weighted by molar-refractivity contribution is 0.286. The molecule has 0 atom stereocenters. The largest absolute Gasteiger partial charge is 0.471 e. The van der Waals surface area contributed by atoms with Gasteiger partial charge in [-0.3, -0.25) is 4.68 Å². The standard InChI is InChI=1S/C14H18N4O/c1-10-4-3-5-14(16-10)19-9-12-11-8-15-7-6-13(11)18(2)17-12/h3-5,15H,6-9H2,1-2H3. The minimum Gasteiger partial charge on any atom is -0.471 e. The van der Waals surface area contributed by atoms with Crippen LogP contribution in [0.25, 0.3) is 0 Å². The lowest BCUT2D eigenvalue weighted by Gasteiger charge is -2.14. The number of hydrogen-bond donors (Lipinski definition) is 1. The van der Waals surface area contributed by atoms with Crippen molar-refractivity contribution in [3.05, 3.63) is 40.8 Å². The monoisotopic (exact) mass is 258 g/mol. The van der Waals surface area contributed by atoms with E-state index in [0.29, 0.717) is 12.5 Å². The SMILES string of the molecule is Cc1cccc(OCc2nn(C)c3c2CNCC3)n1. The Labute approximate surface area is 112 Å². The molecule has 0 amide bonds. The molecular formula is C14H18N4O. The van der Waals surface area contributed by atoms with Gasteiger partial charge < -0.3 is 10.1 Å². The molecule has 2 aromatic rings. The molecule has 0 saturated carbocycles. The van der Waals surface area contributed by atoms with Crippen molar-refractivity contribution in [3.63, 3.8) is 0 Å². The summed E-state index contributed by atoms with van der Waals surface area (Å²) in [6, 6.07) is 5.78. The fourth-order valence-electron chi connectivity index (χ4n) is 2.46. The summed E-state index contributed by atoms with van der Waals surface area (Å²) in [5, 5.41) is 7.93. The van der Waals surface area contributed by atoms with Crippen LogP contribution in [0, 0.1) is 6.92 Å². The molecule has 5 nitrogen and oxygen atoms in total. The highest BCUT2D eigenvalue weighted by Crippen LogP contribution is 2.19.